The molecule has 0 amide bonds. The molecular formula is C21H15N5O2. The molecule has 28 heavy (non-hydrogen) atoms. The predicted molar refractivity (Wildman–Crippen MR) is 104 cm³/mol. The van der Waals surface area contributed by atoms with Crippen LogP contribution in [0.4, 0.5) is 0 Å². The van der Waals surface area contributed by atoms with E-state index < -0.39 is 0 Å². The molecule has 136 valence electrons. The molecule has 0 spiro atoms. The van der Waals surface area contributed by atoms with Crippen molar-refractivity contribution in [2.24, 2.45) is 7.05 Å². The van der Waals surface area contributed by atoms with Crippen molar-refractivity contribution < 1.29 is 9.21 Å². The van der Waals surface area contributed by atoms with Gasteiger partial charge in [-0.1, -0.05) is 0 Å². The van der Waals surface area contributed by atoms with Gasteiger partial charge in [0.05, 0.1) is 18.3 Å². The van der Waals surface area contributed by atoms with E-state index in [0.717, 1.165) is 27.5 Å². The second-order valence-corrected chi connectivity index (χ2v) is 6.63. The lowest BCUT2D eigenvalue weighted by Gasteiger charge is -2.05. The van der Waals surface area contributed by atoms with Gasteiger partial charge in [-0.15, -0.1) is 0 Å². The van der Waals surface area contributed by atoms with E-state index in [1.807, 2.05) is 25.4 Å². The van der Waals surface area contributed by atoms with Crippen molar-refractivity contribution in [2.45, 2.75) is 6.42 Å². The highest BCUT2D eigenvalue weighted by molar-refractivity contribution is 6.00. The number of hydrogen-bond acceptors (Lipinski definition) is 6. The summed E-state index contributed by atoms with van der Waals surface area (Å²) >= 11 is 0. The Morgan fingerprint density at radius 3 is 2.79 bits per heavy atom. The number of ketones is 1. The number of fused-ring (bicyclic) bond motifs is 2. The molecule has 0 aliphatic heterocycles. The van der Waals surface area contributed by atoms with Crippen LogP contribution in [0.2, 0.25) is 0 Å². The van der Waals surface area contributed by atoms with E-state index in [1.165, 1.54) is 6.39 Å². The molecule has 5 aromatic rings. The topological polar surface area (TPSA) is 86.7 Å². The standard InChI is InChI=1S/C21H15N5O2/c1-26-11-16(10-25-26)19-5-14-4-17(22-8-15(14)9-23-19)7-20(27)13-2-3-18-21(6-13)28-12-24-18/h2-6,8-12H,7H2,1H3. The zero-order valence-electron chi connectivity index (χ0n) is 15.0. The smallest absolute Gasteiger partial charge is 0.181 e. The van der Waals surface area contributed by atoms with E-state index in [9.17, 15) is 4.79 Å². The van der Waals surface area contributed by atoms with Crippen LogP contribution in [0.25, 0.3) is 33.1 Å². The summed E-state index contributed by atoms with van der Waals surface area (Å²) in [6, 6.07) is 9.19. The molecule has 0 aliphatic carbocycles. The molecule has 0 fully saturated rings. The van der Waals surface area contributed by atoms with Gasteiger partial charge in [-0.05, 0) is 35.7 Å². The predicted octanol–water partition coefficient (Wildman–Crippen LogP) is 3.60. The minimum Gasteiger partial charge on any atom is -0.443 e. The molecule has 4 aromatic heterocycles. The van der Waals surface area contributed by atoms with Crippen molar-refractivity contribution in [1.82, 2.24) is 24.7 Å². The maximum absolute atomic E-state index is 12.7. The first-order valence-electron chi connectivity index (χ1n) is 8.76. The van der Waals surface area contributed by atoms with E-state index >= 15 is 0 Å². The Morgan fingerprint density at radius 1 is 1.04 bits per heavy atom. The normalized spacial score (nSPS) is 11.3. The lowest BCUT2D eigenvalue weighted by Crippen LogP contribution is -2.05. The molecule has 0 aliphatic rings. The first kappa shape index (κ1) is 16.3. The fourth-order valence-electron chi connectivity index (χ4n) is 3.19. The Hall–Kier alpha value is -3.87. The molecule has 1 aromatic carbocycles. The summed E-state index contributed by atoms with van der Waals surface area (Å²) in [6.45, 7) is 0. The Kier molecular flexibility index (Phi) is 3.72. The molecule has 7 nitrogen and oxygen atoms in total. The Balaban J connectivity index is 1.45. The monoisotopic (exact) mass is 369 g/mol. The molecule has 4 heterocycles. The number of nitrogens with zero attached hydrogens (tertiary/aromatic N) is 5. The van der Waals surface area contributed by atoms with Crippen molar-refractivity contribution >= 4 is 27.7 Å². The third kappa shape index (κ3) is 2.92. The lowest BCUT2D eigenvalue weighted by atomic mass is 10.0. The number of aromatic nitrogens is 5. The molecule has 0 unspecified atom stereocenters. The second kappa shape index (κ2) is 6.38. The summed E-state index contributed by atoms with van der Waals surface area (Å²) < 4.78 is 7.02. The number of Topliss-reactive ketones (excluding diaryl/α,β-unsaturated/α-hetero) is 1. The Morgan fingerprint density at radius 2 is 1.93 bits per heavy atom. The van der Waals surface area contributed by atoms with E-state index in [-0.39, 0.29) is 12.2 Å². The van der Waals surface area contributed by atoms with Crippen molar-refractivity contribution in [2.75, 3.05) is 0 Å². The number of aryl methyl sites for hydroxylation is 1. The van der Waals surface area contributed by atoms with Gasteiger partial charge in [0.1, 0.15) is 5.52 Å². The average molecular weight is 369 g/mol. The largest absolute Gasteiger partial charge is 0.443 e. The average Bonchev–Trinajstić information content (AvgIpc) is 3.35. The maximum Gasteiger partial charge on any atom is 0.181 e. The van der Waals surface area contributed by atoms with Gasteiger partial charge in [0, 0.05) is 47.8 Å². The summed E-state index contributed by atoms with van der Waals surface area (Å²) in [5.41, 5.74) is 4.40. The lowest BCUT2D eigenvalue weighted by molar-refractivity contribution is 0.0992. The van der Waals surface area contributed by atoms with Crippen LogP contribution in [-0.4, -0.2) is 30.5 Å². The van der Waals surface area contributed by atoms with Crippen molar-refractivity contribution in [3.63, 3.8) is 0 Å². The quantitative estimate of drug-likeness (QED) is 0.450. The molecule has 0 bridgehead atoms. The number of carbonyl (C=O) groups excluding carboxylic acids is 1. The summed E-state index contributed by atoms with van der Waals surface area (Å²) in [7, 11) is 1.87. The van der Waals surface area contributed by atoms with Gasteiger partial charge in [0.2, 0.25) is 0 Å². The highest BCUT2D eigenvalue weighted by Gasteiger charge is 2.12. The number of rotatable bonds is 4. The summed E-state index contributed by atoms with van der Waals surface area (Å²) in [4.78, 5) is 25.6. The fraction of sp³-hybridized carbons (Fsp3) is 0.0952. The molecule has 0 atom stereocenters. The highest BCUT2D eigenvalue weighted by Crippen LogP contribution is 2.22. The van der Waals surface area contributed by atoms with Crippen molar-refractivity contribution in [3.8, 4) is 11.3 Å². The van der Waals surface area contributed by atoms with E-state index in [0.29, 0.717) is 16.8 Å². The zero-order chi connectivity index (χ0) is 19.1. The number of benzene rings is 1. The third-order valence-electron chi connectivity index (χ3n) is 4.66. The van der Waals surface area contributed by atoms with Crippen molar-refractivity contribution in [1.29, 1.82) is 0 Å². The van der Waals surface area contributed by atoms with Crippen LogP contribution < -0.4 is 0 Å². The van der Waals surface area contributed by atoms with E-state index in [1.54, 1.807) is 41.5 Å². The van der Waals surface area contributed by atoms with Crippen LogP contribution in [0.3, 0.4) is 0 Å². The zero-order valence-corrected chi connectivity index (χ0v) is 15.0. The van der Waals surface area contributed by atoms with E-state index in [2.05, 4.69) is 20.1 Å². The van der Waals surface area contributed by atoms with E-state index in [4.69, 9.17) is 4.42 Å². The molecule has 0 saturated heterocycles. The van der Waals surface area contributed by atoms with Crippen LogP contribution in [0.1, 0.15) is 16.1 Å². The summed E-state index contributed by atoms with van der Waals surface area (Å²) in [5, 5.41) is 6.10. The van der Waals surface area contributed by atoms with Gasteiger partial charge < -0.3 is 4.42 Å². The SMILES string of the molecule is Cn1cc(-c2cc3cc(CC(=O)c4ccc5ncoc5c4)ncc3cn2)cn1. The van der Waals surface area contributed by atoms with Gasteiger partial charge in [-0.2, -0.15) is 5.10 Å². The van der Waals surface area contributed by atoms with Crippen LogP contribution in [0.15, 0.2) is 65.9 Å². The molecular weight excluding hydrogens is 354 g/mol. The minimum atomic E-state index is -0.0216. The molecule has 7 heteroatoms. The number of carbonyl (C=O) groups is 1. The number of pyridine rings is 2. The molecule has 5 rings (SSSR count). The number of oxazole rings is 1. The Labute approximate surface area is 159 Å². The first-order chi connectivity index (χ1) is 13.7. The molecule has 0 saturated carbocycles. The summed E-state index contributed by atoms with van der Waals surface area (Å²) in [6.07, 6.45) is 8.81. The van der Waals surface area contributed by atoms with Crippen molar-refractivity contribution in [3.05, 3.63) is 72.8 Å². The first-order valence-corrected chi connectivity index (χ1v) is 8.76. The molecule has 0 radical (unpaired) electrons. The minimum absolute atomic E-state index is 0.0216. The number of hydrogen-bond donors (Lipinski definition) is 0. The third-order valence-corrected chi connectivity index (χ3v) is 4.66. The van der Waals surface area contributed by atoms with Gasteiger partial charge in [-0.25, -0.2) is 4.98 Å². The maximum atomic E-state index is 12.7. The Bertz CT molecular complexity index is 1340. The van der Waals surface area contributed by atoms with Gasteiger partial charge >= 0.3 is 0 Å². The van der Waals surface area contributed by atoms with Gasteiger partial charge in [0.25, 0.3) is 0 Å². The van der Waals surface area contributed by atoms with Crippen LogP contribution in [0, 0.1) is 0 Å². The van der Waals surface area contributed by atoms with Crippen LogP contribution in [-0.2, 0) is 13.5 Å². The summed E-state index contributed by atoms with van der Waals surface area (Å²) in [5.74, 6) is -0.0216. The molecule has 0 N–H and O–H groups in total. The van der Waals surface area contributed by atoms with Gasteiger partial charge in [-0.3, -0.25) is 19.4 Å². The highest BCUT2D eigenvalue weighted by atomic mass is 16.3. The fourth-order valence-corrected chi connectivity index (χ4v) is 3.19. The second-order valence-electron chi connectivity index (χ2n) is 6.63. The van der Waals surface area contributed by atoms with Gasteiger partial charge in [0.15, 0.2) is 17.8 Å². The van der Waals surface area contributed by atoms with Crippen LogP contribution in [0.5, 0.6) is 0 Å². The van der Waals surface area contributed by atoms with Crippen LogP contribution >= 0.6 is 0 Å².